The Morgan fingerprint density at radius 3 is 2.12 bits per heavy atom. The van der Waals surface area contributed by atoms with Crippen molar-refractivity contribution >= 4 is 17.7 Å². The van der Waals surface area contributed by atoms with E-state index in [0.717, 1.165) is 0 Å². The van der Waals surface area contributed by atoms with Crippen LogP contribution in [0.5, 0.6) is 11.5 Å². The summed E-state index contributed by atoms with van der Waals surface area (Å²) in [6.07, 6.45) is -1.28. The van der Waals surface area contributed by atoms with Gasteiger partial charge >= 0.3 is 57.4 Å². The molecule has 0 saturated carbocycles. The average Bonchev–Trinajstić information content (AvgIpc) is 2.55. The number of para-hydroxylation sites is 1. The van der Waals surface area contributed by atoms with Crippen molar-refractivity contribution in [2.75, 3.05) is 5.32 Å². The van der Waals surface area contributed by atoms with Gasteiger partial charge in [-0.05, 0) is 43.3 Å². The van der Waals surface area contributed by atoms with Crippen LogP contribution >= 0.6 is 0 Å². The molecule has 0 spiro atoms. The number of urea groups is 1. The van der Waals surface area contributed by atoms with Gasteiger partial charge < -0.3 is 30.4 Å². The monoisotopic (exact) mass is 368 g/mol. The zero-order valence-corrected chi connectivity index (χ0v) is 17.1. The number of ether oxygens (including phenoxy) is 1. The molecule has 0 aliphatic heterocycles. The van der Waals surface area contributed by atoms with Gasteiger partial charge in [-0.1, -0.05) is 18.2 Å². The summed E-state index contributed by atoms with van der Waals surface area (Å²) in [5.41, 5.74) is 0.440. The molecule has 0 aromatic heterocycles. The topological polar surface area (TPSA) is 111 Å². The van der Waals surface area contributed by atoms with Crippen molar-refractivity contribution in [2.45, 2.75) is 19.1 Å². The van der Waals surface area contributed by atoms with Gasteiger partial charge in [0.15, 0.2) is 0 Å². The van der Waals surface area contributed by atoms with Crippen LogP contribution in [0, 0.1) is 0 Å². The Labute approximate surface area is 187 Å². The van der Waals surface area contributed by atoms with Crippen LogP contribution in [0.3, 0.4) is 0 Å². The van der Waals surface area contributed by atoms with E-state index >= 15 is 0 Å². The molecule has 25 heavy (non-hydrogen) atoms. The smallest absolute Gasteiger partial charge is 0.548 e. The number of aliphatic carboxylic acids is 1. The fourth-order valence-electron chi connectivity index (χ4n) is 1.92. The summed E-state index contributed by atoms with van der Waals surface area (Å²) in [4.78, 5) is 22.6. The van der Waals surface area contributed by atoms with Gasteiger partial charge in [-0.3, -0.25) is 0 Å². The van der Waals surface area contributed by atoms with E-state index in [0.29, 0.717) is 17.2 Å². The van der Waals surface area contributed by atoms with E-state index in [2.05, 4.69) is 10.6 Å². The molecule has 2 aromatic rings. The van der Waals surface area contributed by atoms with E-state index in [-0.39, 0.29) is 51.4 Å². The first kappa shape index (κ1) is 21.6. The minimum atomic E-state index is -1.56. The first-order valence-electron chi connectivity index (χ1n) is 7.25. The largest absolute Gasteiger partial charge is 1.00 e. The second-order valence-electron chi connectivity index (χ2n) is 5.08. The Morgan fingerprint density at radius 2 is 1.60 bits per heavy atom. The maximum Gasteiger partial charge on any atom is 1.00 e. The zero-order valence-electron chi connectivity index (χ0n) is 13.9. The summed E-state index contributed by atoms with van der Waals surface area (Å²) in [7, 11) is 0. The first-order valence-corrected chi connectivity index (χ1v) is 7.25. The summed E-state index contributed by atoms with van der Waals surface area (Å²) in [6, 6.07) is 13.5. The Morgan fingerprint density at radius 1 is 1.04 bits per heavy atom. The molecule has 0 heterocycles. The third-order valence-electron chi connectivity index (χ3n) is 3.11. The SMILES string of the molecule is CC(O)C(NC(=O)Nc1ccc(Oc2ccccc2)cc1)C(=O)[O-].[K+]. The van der Waals surface area contributed by atoms with Crippen molar-refractivity contribution in [1.29, 1.82) is 0 Å². The van der Waals surface area contributed by atoms with Crippen LogP contribution in [-0.2, 0) is 4.79 Å². The second kappa shape index (κ2) is 10.5. The van der Waals surface area contributed by atoms with Gasteiger partial charge in [0, 0.05) is 5.69 Å². The van der Waals surface area contributed by atoms with Gasteiger partial charge in [0.2, 0.25) is 0 Å². The number of carboxylic acids is 1. The molecule has 0 bridgehead atoms. The van der Waals surface area contributed by atoms with Crippen molar-refractivity contribution in [1.82, 2.24) is 5.32 Å². The second-order valence-corrected chi connectivity index (χ2v) is 5.08. The van der Waals surface area contributed by atoms with Gasteiger partial charge in [0.05, 0.1) is 18.1 Å². The molecule has 0 radical (unpaired) electrons. The van der Waals surface area contributed by atoms with Gasteiger partial charge in [0.25, 0.3) is 0 Å². The van der Waals surface area contributed by atoms with Crippen LogP contribution in [0.1, 0.15) is 6.92 Å². The molecule has 2 aromatic carbocycles. The van der Waals surface area contributed by atoms with Gasteiger partial charge in [-0.25, -0.2) is 4.79 Å². The van der Waals surface area contributed by atoms with E-state index < -0.39 is 24.1 Å². The van der Waals surface area contributed by atoms with Gasteiger partial charge in [0.1, 0.15) is 11.5 Å². The van der Waals surface area contributed by atoms with Crippen molar-refractivity contribution in [3.63, 3.8) is 0 Å². The van der Waals surface area contributed by atoms with E-state index in [1.165, 1.54) is 6.92 Å². The molecule has 2 rings (SSSR count). The van der Waals surface area contributed by atoms with Crippen molar-refractivity contribution in [3.05, 3.63) is 54.6 Å². The summed E-state index contributed by atoms with van der Waals surface area (Å²) in [5.74, 6) is -0.291. The van der Waals surface area contributed by atoms with Crippen LogP contribution in [0.15, 0.2) is 54.6 Å². The molecular formula is C17H17KN2O5. The summed E-state index contributed by atoms with van der Waals surface area (Å²) in [6.45, 7) is 1.25. The van der Waals surface area contributed by atoms with Crippen LogP contribution < -0.4 is 71.9 Å². The molecule has 0 aliphatic rings. The Hall–Kier alpha value is -1.42. The number of aliphatic hydroxyl groups excluding tert-OH is 1. The van der Waals surface area contributed by atoms with Crippen molar-refractivity contribution in [3.8, 4) is 11.5 Å². The normalized spacial score (nSPS) is 12.2. The maximum atomic E-state index is 11.8. The third-order valence-corrected chi connectivity index (χ3v) is 3.11. The minimum Gasteiger partial charge on any atom is -0.548 e. The summed E-state index contributed by atoms with van der Waals surface area (Å²) < 4.78 is 5.62. The molecule has 7 nitrogen and oxygen atoms in total. The Kier molecular flexibility index (Phi) is 9.12. The number of amides is 2. The number of hydrogen-bond donors (Lipinski definition) is 3. The quantitative estimate of drug-likeness (QED) is 0.516. The molecular weight excluding hydrogens is 351 g/mol. The Balaban J connectivity index is 0.00000312. The van der Waals surface area contributed by atoms with Gasteiger partial charge in [-0.2, -0.15) is 0 Å². The number of carbonyl (C=O) groups excluding carboxylic acids is 2. The molecule has 8 heteroatoms. The number of rotatable bonds is 6. The molecule has 2 atom stereocenters. The zero-order chi connectivity index (χ0) is 17.5. The number of aliphatic hydroxyl groups is 1. The number of hydrogen-bond acceptors (Lipinski definition) is 5. The maximum absolute atomic E-state index is 11.8. The summed E-state index contributed by atoms with van der Waals surface area (Å²) >= 11 is 0. The molecule has 2 unspecified atom stereocenters. The number of nitrogens with one attached hydrogen (secondary N) is 2. The Bertz CT molecular complexity index is 692. The van der Waals surface area contributed by atoms with E-state index in [1.807, 2.05) is 30.3 Å². The molecule has 126 valence electrons. The standard InChI is InChI=1S/C17H18N2O5.K/c1-11(20)15(16(21)22)19-17(23)18-12-7-9-14(10-8-12)24-13-5-3-2-4-6-13;/h2-11,15,20H,1H3,(H,21,22)(H2,18,19,23);/q;+1/p-1. The average molecular weight is 368 g/mol. The van der Waals surface area contributed by atoms with E-state index in [4.69, 9.17) is 4.74 Å². The number of carbonyl (C=O) groups is 2. The molecule has 0 saturated heterocycles. The van der Waals surface area contributed by atoms with E-state index in [1.54, 1.807) is 24.3 Å². The van der Waals surface area contributed by atoms with Crippen LogP contribution in [0.2, 0.25) is 0 Å². The number of anilines is 1. The number of carboxylic acid groups (broad SMARTS) is 1. The predicted molar refractivity (Wildman–Crippen MR) is 85.6 cm³/mol. The van der Waals surface area contributed by atoms with Gasteiger partial charge in [-0.15, -0.1) is 0 Å². The van der Waals surface area contributed by atoms with Crippen LogP contribution in [0.4, 0.5) is 10.5 Å². The third kappa shape index (κ3) is 7.14. The molecule has 3 N–H and O–H groups in total. The number of benzene rings is 2. The van der Waals surface area contributed by atoms with Crippen molar-refractivity contribution in [2.24, 2.45) is 0 Å². The fourth-order valence-corrected chi connectivity index (χ4v) is 1.92. The molecule has 2 amide bonds. The fraction of sp³-hybridized carbons (Fsp3) is 0.176. The van der Waals surface area contributed by atoms with Crippen LogP contribution in [0.25, 0.3) is 0 Å². The predicted octanol–water partition coefficient (Wildman–Crippen LogP) is -1.90. The first-order chi connectivity index (χ1) is 11.5. The molecule has 0 fully saturated rings. The summed E-state index contributed by atoms with van der Waals surface area (Å²) in [5, 5.41) is 24.7. The van der Waals surface area contributed by atoms with Crippen LogP contribution in [-0.4, -0.2) is 29.3 Å². The molecule has 0 aliphatic carbocycles. The van der Waals surface area contributed by atoms with E-state index in [9.17, 15) is 19.8 Å². The minimum absolute atomic E-state index is 0. The van der Waals surface area contributed by atoms with Crippen molar-refractivity contribution < 1.29 is 75.9 Å².